The van der Waals surface area contributed by atoms with Gasteiger partial charge < -0.3 is 27.4 Å². The van der Waals surface area contributed by atoms with E-state index in [9.17, 15) is 9.59 Å². The highest BCUT2D eigenvalue weighted by molar-refractivity contribution is 5.71. The first-order valence-corrected chi connectivity index (χ1v) is 4.90. The molecule has 0 aliphatic carbocycles. The highest BCUT2D eigenvalue weighted by atomic mass is 16.2. The van der Waals surface area contributed by atoms with Crippen molar-refractivity contribution in [3.05, 3.63) is 0 Å². The molecule has 0 fully saturated rings. The summed E-state index contributed by atoms with van der Waals surface area (Å²) in [7, 11) is 0. The molecule has 0 aliphatic heterocycles. The molecule has 7 nitrogen and oxygen atoms in total. The van der Waals surface area contributed by atoms with Crippen LogP contribution < -0.4 is 27.4 Å². The quantitative estimate of drug-likeness (QED) is 0.324. The number of hydrogen-bond donors (Lipinski definition) is 5. The Morgan fingerprint density at radius 2 is 1.20 bits per heavy atom. The third-order valence-corrected chi connectivity index (χ3v) is 1.66. The average Bonchev–Trinajstić information content (AvgIpc) is 2.14. The largest absolute Gasteiger partial charge is 0.352 e. The Balaban J connectivity index is 2.99. The van der Waals surface area contributed by atoms with Crippen molar-refractivity contribution in [2.75, 3.05) is 26.2 Å². The Morgan fingerprint density at radius 1 is 0.800 bits per heavy atom. The number of carbonyl (C=O) groups is 2. The Kier molecular flexibility index (Phi) is 8.16. The molecule has 0 rings (SSSR count). The number of amides is 4. The Bertz CT molecular complexity index is 177. The van der Waals surface area contributed by atoms with Crippen LogP contribution in [0.5, 0.6) is 0 Å². The van der Waals surface area contributed by atoms with E-state index in [1.54, 1.807) is 0 Å². The van der Waals surface area contributed by atoms with Gasteiger partial charge in [0.25, 0.3) is 0 Å². The average molecular weight is 217 g/mol. The van der Waals surface area contributed by atoms with Gasteiger partial charge in [0.1, 0.15) is 0 Å². The van der Waals surface area contributed by atoms with Crippen molar-refractivity contribution in [3.8, 4) is 0 Å². The van der Waals surface area contributed by atoms with Gasteiger partial charge in [-0.15, -0.1) is 0 Å². The molecule has 7 N–H and O–H groups in total. The predicted octanol–water partition coefficient (Wildman–Crippen LogP) is -1.31. The van der Waals surface area contributed by atoms with Crippen LogP contribution in [0.3, 0.4) is 0 Å². The second-order valence-corrected chi connectivity index (χ2v) is 3.04. The lowest BCUT2D eigenvalue weighted by Crippen LogP contribution is -2.33. The first-order chi connectivity index (χ1) is 7.13. The molecule has 0 radical (unpaired) electrons. The zero-order valence-corrected chi connectivity index (χ0v) is 8.71. The van der Waals surface area contributed by atoms with Gasteiger partial charge in [0.05, 0.1) is 0 Å². The number of nitrogens with two attached hydrogens (primary N) is 2. The molecule has 88 valence electrons. The van der Waals surface area contributed by atoms with Gasteiger partial charge in [0, 0.05) is 13.1 Å². The van der Waals surface area contributed by atoms with Gasteiger partial charge in [-0.25, -0.2) is 9.59 Å². The van der Waals surface area contributed by atoms with E-state index in [0.29, 0.717) is 13.1 Å². The molecule has 0 saturated heterocycles. The van der Waals surface area contributed by atoms with Crippen LogP contribution >= 0.6 is 0 Å². The highest BCUT2D eigenvalue weighted by Gasteiger charge is 1.92. The third-order valence-electron chi connectivity index (χ3n) is 1.66. The third kappa shape index (κ3) is 12.5. The van der Waals surface area contributed by atoms with Crippen LogP contribution in [0.4, 0.5) is 9.59 Å². The maximum absolute atomic E-state index is 10.3. The maximum Gasteiger partial charge on any atom is 0.312 e. The topological polar surface area (TPSA) is 122 Å². The van der Waals surface area contributed by atoms with Crippen molar-refractivity contribution in [3.63, 3.8) is 0 Å². The zero-order chi connectivity index (χ0) is 11.5. The summed E-state index contributed by atoms with van der Waals surface area (Å²) in [6, 6.07) is -0.999. The molecule has 0 aromatic rings. The zero-order valence-electron chi connectivity index (χ0n) is 8.71. The normalized spacial score (nSPS) is 9.60. The number of nitrogens with one attached hydrogen (secondary N) is 3. The minimum atomic E-state index is -0.499. The van der Waals surface area contributed by atoms with Gasteiger partial charge in [-0.2, -0.15) is 0 Å². The lowest BCUT2D eigenvalue weighted by molar-refractivity contribution is 0.248. The molecule has 0 aromatic carbocycles. The first kappa shape index (κ1) is 13.5. The van der Waals surface area contributed by atoms with Crippen LogP contribution in [0.25, 0.3) is 0 Å². The van der Waals surface area contributed by atoms with Gasteiger partial charge in [0.15, 0.2) is 0 Å². The van der Waals surface area contributed by atoms with Crippen molar-refractivity contribution in [1.82, 2.24) is 16.0 Å². The molecule has 0 bridgehead atoms. The predicted molar refractivity (Wildman–Crippen MR) is 57.3 cm³/mol. The summed E-state index contributed by atoms with van der Waals surface area (Å²) in [5.74, 6) is 0. The molecular weight excluding hydrogens is 198 g/mol. The minimum absolute atomic E-state index is 0.499. The molecule has 0 aromatic heterocycles. The van der Waals surface area contributed by atoms with Crippen LogP contribution in [0.2, 0.25) is 0 Å². The second-order valence-electron chi connectivity index (χ2n) is 3.04. The Labute approximate surface area is 88.9 Å². The Morgan fingerprint density at radius 3 is 1.53 bits per heavy atom. The van der Waals surface area contributed by atoms with Gasteiger partial charge in [0.2, 0.25) is 0 Å². The van der Waals surface area contributed by atoms with E-state index in [1.807, 2.05) is 0 Å². The van der Waals surface area contributed by atoms with E-state index in [0.717, 1.165) is 25.9 Å². The van der Waals surface area contributed by atoms with Gasteiger partial charge in [-0.05, 0) is 25.9 Å². The van der Waals surface area contributed by atoms with Gasteiger partial charge in [-0.1, -0.05) is 0 Å². The van der Waals surface area contributed by atoms with Gasteiger partial charge >= 0.3 is 12.1 Å². The molecule has 4 amide bonds. The summed E-state index contributed by atoms with van der Waals surface area (Å²) >= 11 is 0. The second kappa shape index (κ2) is 9.07. The molecule has 0 atom stereocenters. The number of rotatable bonds is 8. The summed E-state index contributed by atoms with van der Waals surface area (Å²) in [4.78, 5) is 20.6. The number of hydrogen-bond acceptors (Lipinski definition) is 3. The van der Waals surface area contributed by atoms with Crippen molar-refractivity contribution in [2.24, 2.45) is 11.5 Å². The first-order valence-electron chi connectivity index (χ1n) is 4.90. The molecular formula is C8H19N5O2. The summed E-state index contributed by atoms with van der Waals surface area (Å²) in [5.41, 5.74) is 9.76. The lowest BCUT2D eigenvalue weighted by atomic mass is 10.4. The minimum Gasteiger partial charge on any atom is -0.352 e. The van der Waals surface area contributed by atoms with Crippen LogP contribution in [0.1, 0.15) is 12.8 Å². The van der Waals surface area contributed by atoms with E-state index in [4.69, 9.17) is 11.5 Å². The van der Waals surface area contributed by atoms with Crippen molar-refractivity contribution in [2.45, 2.75) is 12.8 Å². The van der Waals surface area contributed by atoms with E-state index < -0.39 is 12.1 Å². The molecule has 7 heteroatoms. The Hall–Kier alpha value is -1.50. The standard InChI is InChI=1S/C8H19N5O2/c9-7(14)12-5-1-3-11-4-2-6-13-8(10)15/h11H,1-6H2,(H3,9,12,14)(H3,10,13,15). The fourth-order valence-electron chi connectivity index (χ4n) is 0.975. The monoisotopic (exact) mass is 217 g/mol. The molecule has 0 aliphatic rings. The maximum atomic E-state index is 10.3. The number of urea groups is 2. The van der Waals surface area contributed by atoms with E-state index in [-0.39, 0.29) is 0 Å². The van der Waals surface area contributed by atoms with Crippen LogP contribution in [0, 0.1) is 0 Å². The molecule has 0 unspecified atom stereocenters. The van der Waals surface area contributed by atoms with Gasteiger partial charge in [-0.3, -0.25) is 0 Å². The highest BCUT2D eigenvalue weighted by Crippen LogP contribution is 1.76. The van der Waals surface area contributed by atoms with E-state index in [2.05, 4.69) is 16.0 Å². The number of carbonyl (C=O) groups excluding carboxylic acids is 2. The summed E-state index contributed by atoms with van der Waals surface area (Å²) in [5, 5.41) is 8.12. The smallest absolute Gasteiger partial charge is 0.312 e. The van der Waals surface area contributed by atoms with E-state index >= 15 is 0 Å². The fraction of sp³-hybridized carbons (Fsp3) is 0.750. The van der Waals surface area contributed by atoms with Crippen molar-refractivity contribution >= 4 is 12.1 Å². The summed E-state index contributed by atoms with van der Waals surface area (Å²) in [6.45, 7) is 2.75. The molecule has 0 saturated carbocycles. The van der Waals surface area contributed by atoms with Crippen LogP contribution in [-0.4, -0.2) is 38.2 Å². The van der Waals surface area contributed by atoms with Crippen LogP contribution in [0.15, 0.2) is 0 Å². The van der Waals surface area contributed by atoms with Crippen molar-refractivity contribution < 1.29 is 9.59 Å². The van der Waals surface area contributed by atoms with E-state index in [1.165, 1.54) is 0 Å². The SMILES string of the molecule is NC(=O)NCCCNCCCNC(N)=O. The summed E-state index contributed by atoms with van der Waals surface area (Å²) < 4.78 is 0. The molecule has 0 heterocycles. The fourth-order valence-corrected chi connectivity index (χ4v) is 0.975. The number of primary amides is 2. The molecule has 15 heavy (non-hydrogen) atoms. The lowest BCUT2D eigenvalue weighted by Gasteiger charge is -2.05. The van der Waals surface area contributed by atoms with Crippen LogP contribution in [-0.2, 0) is 0 Å². The summed E-state index contributed by atoms with van der Waals surface area (Å²) in [6.07, 6.45) is 1.65. The molecule has 0 spiro atoms. The van der Waals surface area contributed by atoms with Crippen molar-refractivity contribution in [1.29, 1.82) is 0 Å².